The molecule has 1 saturated carbocycles. The van der Waals surface area contributed by atoms with E-state index in [9.17, 15) is 18.3 Å². The number of amides is 1. The van der Waals surface area contributed by atoms with E-state index in [1.165, 1.54) is 12.1 Å². The van der Waals surface area contributed by atoms with E-state index in [1.54, 1.807) is 13.8 Å². The summed E-state index contributed by atoms with van der Waals surface area (Å²) in [6, 6.07) is 12.1. The van der Waals surface area contributed by atoms with E-state index >= 15 is 0 Å². The molecule has 1 aliphatic rings. The number of aliphatic hydroxyl groups is 1. The monoisotopic (exact) mass is 388 g/mol. The number of nitrogens with one attached hydrogen (secondary N) is 1. The second kappa shape index (κ2) is 7.07. The van der Waals surface area contributed by atoms with Crippen molar-refractivity contribution in [3.05, 3.63) is 64.7 Å². The molecule has 0 bridgehead atoms. The molecular formula is C20H24N2O4S. The first-order chi connectivity index (χ1) is 12.6. The maximum absolute atomic E-state index is 12.7. The summed E-state index contributed by atoms with van der Waals surface area (Å²) in [7, 11) is -3.90. The lowest BCUT2D eigenvalue weighted by molar-refractivity contribution is 0.0807. The number of nitrogens with two attached hydrogens (primary N) is 1. The average molecular weight is 388 g/mol. The smallest absolute Gasteiger partial charge is 0.251 e. The van der Waals surface area contributed by atoms with E-state index < -0.39 is 16.1 Å². The molecule has 0 aliphatic heterocycles. The van der Waals surface area contributed by atoms with Crippen molar-refractivity contribution in [2.24, 2.45) is 10.6 Å². The van der Waals surface area contributed by atoms with Gasteiger partial charge in [0.25, 0.3) is 5.91 Å². The van der Waals surface area contributed by atoms with E-state index in [2.05, 4.69) is 5.32 Å². The predicted molar refractivity (Wildman–Crippen MR) is 103 cm³/mol. The van der Waals surface area contributed by atoms with Gasteiger partial charge in [0, 0.05) is 17.5 Å². The molecule has 0 spiro atoms. The summed E-state index contributed by atoms with van der Waals surface area (Å²) in [5, 5.41) is 18.8. The van der Waals surface area contributed by atoms with Gasteiger partial charge in [-0.3, -0.25) is 4.79 Å². The van der Waals surface area contributed by atoms with Crippen LogP contribution in [0.15, 0.2) is 47.4 Å². The summed E-state index contributed by atoms with van der Waals surface area (Å²) < 4.78 is 23.3. The van der Waals surface area contributed by atoms with Gasteiger partial charge in [-0.1, -0.05) is 30.3 Å². The van der Waals surface area contributed by atoms with Gasteiger partial charge in [-0.15, -0.1) is 0 Å². The van der Waals surface area contributed by atoms with E-state index in [0.29, 0.717) is 17.7 Å². The number of carbonyl (C=O) groups is 1. The van der Waals surface area contributed by atoms with Gasteiger partial charge in [0.15, 0.2) is 0 Å². The Morgan fingerprint density at radius 1 is 1.22 bits per heavy atom. The van der Waals surface area contributed by atoms with E-state index in [-0.39, 0.29) is 21.8 Å². The van der Waals surface area contributed by atoms with Crippen molar-refractivity contribution in [3.63, 3.8) is 0 Å². The zero-order chi connectivity index (χ0) is 19.8. The van der Waals surface area contributed by atoms with Crippen molar-refractivity contribution >= 4 is 15.9 Å². The molecule has 6 nitrogen and oxygen atoms in total. The molecule has 144 valence electrons. The first-order valence-corrected chi connectivity index (χ1v) is 10.3. The third-order valence-electron chi connectivity index (χ3n) is 5.40. The van der Waals surface area contributed by atoms with Crippen LogP contribution >= 0.6 is 0 Å². The Balaban J connectivity index is 1.78. The van der Waals surface area contributed by atoms with Crippen LogP contribution in [0.1, 0.15) is 46.0 Å². The van der Waals surface area contributed by atoms with Gasteiger partial charge in [0.2, 0.25) is 10.0 Å². The van der Waals surface area contributed by atoms with Crippen molar-refractivity contribution in [2.75, 3.05) is 6.54 Å². The number of primary sulfonamides is 1. The third kappa shape index (κ3) is 4.05. The van der Waals surface area contributed by atoms with Gasteiger partial charge in [-0.25, -0.2) is 13.6 Å². The summed E-state index contributed by atoms with van der Waals surface area (Å²) in [5.74, 6) is -0.368. The molecule has 4 N–H and O–H groups in total. The number of rotatable bonds is 6. The summed E-state index contributed by atoms with van der Waals surface area (Å²) in [6.07, 6.45) is 0.981. The molecule has 2 aromatic carbocycles. The van der Waals surface area contributed by atoms with Gasteiger partial charge in [0.1, 0.15) is 0 Å². The third-order valence-corrected chi connectivity index (χ3v) is 6.30. The SMILES string of the molecule is Cc1cc(S(N)(=O)=O)cc(C(=O)NCC2(C(O)c3ccccc3)CC2)c1C. The lowest BCUT2D eigenvalue weighted by Gasteiger charge is -2.23. The van der Waals surface area contributed by atoms with Gasteiger partial charge in [0.05, 0.1) is 11.0 Å². The average Bonchev–Trinajstić information content (AvgIpc) is 3.42. The number of hydrogen-bond acceptors (Lipinski definition) is 4. The van der Waals surface area contributed by atoms with Crippen LogP contribution in [0.5, 0.6) is 0 Å². The summed E-state index contributed by atoms with van der Waals surface area (Å²) >= 11 is 0. The standard InChI is InChI=1S/C20H24N2O4S/c1-13-10-16(27(21,25)26)11-17(14(13)2)19(24)22-12-20(8-9-20)18(23)15-6-4-3-5-7-15/h3-7,10-11,18,23H,8-9,12H2,1-2H3,(H,22,24)(H2,21,25,26). The molecule has 1 fully saturated rings. The summed E-state index contributed by atoms with van der Waals surface area (Å²) in [6.45, 7) is 3.82. The molecule has 1 atom stereocenters. The minimum absolute atomic E-state index is 0.0822. The number of carbonyl (C=O) groups excluding carboxylic acids is 1. The fraction of sp³-hybridized carbons (Fsp3) is 0.350. The molecule has 27 heavy (non-hydrogen) atoms. The Morgan fingerprint density at radius 2 is 1.85 bits per heavy atom. The Bertz CT molecular complexity index is 967. The van der Waals surface area contributed by atoms with Crippen LogP contribution in [0, 0.1) is 19.3 Å². The highest BCUT2D eigenvalue weighted by Gasteiger charge is 2.49. The second-order valence-corrected chi connectivity index (χ2v) is 8.88. The molecule has 0 heterocycles. The summed E-state index contributed by atoms with van der Waals surface area (Å²) in [5.41, 5.74) is 2.11. The van der Waals surface area contributed by atoms with Crippen LogP contribution in [-0.4, -0.2) is 26.0 Å². The molecule has 0 radical (unpaired) electrons. The van der Waals surface area contributed by atoms with Crippen LogP contribution in [0.25, 0.3) is 0 Å². The largest absolute Gasteiger partial charge is 0.388 e. The van der Waals surface area contributed by atoms with E-state index in [4.69, 9.17) is 5.14 Å². The fourth-order valence-corrected chi connectivity index (χ4v) is 3.90. The fourth-order valence-electron chi connectivity index (χ4n) is 3.27. The quantitative estimate of drug-likeness (QED) is 0.705. The zero-order valence-electron chi connectivity index (χ0n) is 15.4. The van der Waals surface area contributed by atoms with Crippen molar-refractivity contribution in [2.45, 2.75) is 37.7 Å². The van der Waals surface area contributed by atoms with Gasteiger partial charge >= 0.3 is 0 Å². The number of benzene rings is 2. The predicted octanol–water partition coefficient (Wildman–Crippen LogP) is 2.19. The van der Waals surface area contributed by atoms with Crippen LogP contribution in [-0.2, 0) is 10.0 Å². The van der Waals surface area contributed by atoms with E-state index in [0.717, 1.165) is 18.4 Å². The first kappa shape index (κ1) is 19.5. The van der Waals surface area contributed by atoms with Gasteiger partial charge in [-0.05, 0) is 55.5 Å². The van der Waals surface area contributed by atoms with Crippen LogP contribution < -0.4 is 10.5 Å². The van der Waals surface area contributed by atoms with Crippen molar-refractivity contribution in [1.82, 2.24) is 5.32 Å². The Kier molecular flexibility index (Phi) is 5.12. The normalized spacial score (nSPS) is 16.6. The van der Waals surface area contributed by atoms with Crippen LogP contribution in [0.2, 0.25) is 0 Å². The molecular weight excluding hydrogens is 364 g/mol. The highest BCUT2D eigenvalue weighted by atomic mass is 32.2. The molecule has 3 rings (SSSR count). The topological polar surface area (TPSA) is 109 Å². The number of hydrogen-bond donors (Lipinski definition) is 3. The van der Waals surface area contributed by atoms with E-state index in [1.807, 2.05) is 30.3 Å². The van der Waals surface area contributed by atoms with Gasteiger partial charge in [-0.2, -0.15) is 0 Å². The molecule has 0 aromatic heterocycles. The summed E-state index contributed by atoms with van der Waals surface area (Å²) in [4.78, 5) is 12.6. The molecule has 1 unspecified atom stereocenters. The lowest BCUT2D eigenvalue weighted by Crippen LogP contribution is -2.34. The van der Waals surface area contributed by atoms with Crippen molar-refractivity contribution in [1.29, 1.82) is 0 Å². The van der Waals surface area contributed by atoms with Crippen molar-refractivity contribution in [3.8, 4) is 0 Å². The number of aliphatic hydroxyl groups excluding tert-OH is 1. The van der Waals surface area contributed by atoms with Crippen LogP contribution in [0.3, 0.4) is 0 Å². The number of sulfonamides is 1. The minimum atomic E-state index is -3.90. The number of aryl methyl sites for hydroxylation is 1. The van der Waals surface area contributed by atoms with Crippen LogP contribution in [0.4, 0.5) is 0 Å². The molecule has 1 aliphatic carbocycles. The highest BCUT2D eigenvalue weighted by molar-refractivity contribution is 7.89. The Morgan fingerprint density at radius 3 is 2.41 bits per heavy atom. The molecule has 0 saturated heterocycles. The second-order valence-electron chi connectivity index (χ2n) is 7.32. The van der Waals surface area contributed by atoms with Crippen molar-refractivity contribution < 1.29 is 18.3 Å². The van der Waals surface area contributed by atoms with Gasteiger partial charge < -0.3 is 10.4 Å². The maximum Gasteiger partial charge on any atom is 0.251 e. The Labute approximate surface area is 159 Å². The minimum Gasteiger partial charge on any atom is -0.388 e. The zero-order valence-corrected chi connectivity index (χ0v) is 16.2. The molecule has 7 heteroatoms. The first-order valence-electron chi connectivity index (χ1n) is 8.79. The molecule has 1 amide bonds. The Hall–Kier alpha value is -2.22. The molecule has 2 aromatic rings. The highest BCUT2D eigenvalue weighted by Crippen LogP contribution is 2.54. The lowest BCUT2D eigenvalue weighted by atomic mass is 9.92. The maximum atomic E-state index is 12.7.